The average Bonchev–Trinajstić information content (AvgIpc) is 3.25. The number of hydrogen-bond acceptors (Lipinski definition) is 4. The highest BCUT2D eigenvalue weighted by molar-refractivity contribution is 14.0. The molecule has 31 heavy (non-hydrogen) atoms. The maximum absolute atomic E-state index is 6.19. The number of nitrogens with one attached hydrogen (secondary N) is 2. The summed E-state index contributed by atoms with van der Waals surface area (Å²) in [5, 5.41) is 6.80. The van der Waals surface area contributed by atoms with Gasteiger partial charge in [0.05, 0.1) is 13.2 Å². The van der Waals surface area contributed by atoms with Crippen molar-refractivity contribution in [3.05, 3.63) is 59.2 Å². The molecule has 0 aliphatic carbocycles. The number of guanidine groups is 1. The Bertz CT molecular complexity index is 834. The van der Waals surface area contributed by atoms with E-state index in [0.29, 0.717) is 13.2 Å². The minimum Gasteiger partial charge on any atom is -0.488 e. The van der Waals surface area contributed by atoms with Gasteiger partial charge in [-0.2, -0.15) is 0 Å². The average molecular weight is 538 g/mol. The lowest BCUT2D eigenvalue weighted by Crippen LogP contribution is -2.38. The largest absolute Gasteiger partial charge is 0.488 e. The van der Waals surface area contributed by atoms with Crippen LogP contribution in [0.25, 0.3) is 0 Å². The van der Waals surface area contributed by atoms with Crippen LogP contribution in [0.5, 0.6) is 5.75 Å². The number of benzene rings is 2. The van der Waals surface area contributed by atoms with Crippen LogP contribution in [0.1, 0.15) is 23.1 Å². The number of halogens is 1. The van der Waals surface area contributed by atoms with Crippen molar-refractivity contribution >= 4 is 35.6 Å². The lowest BCUT2D eigenvalue weighted by molar-refractivity contribution is 0.140. The highest BCUT2D eigenvalue weighted by Gasteiger charge is 2.18. The molecule has 2 N–H and O–H groups in total. The van der Waals surface area contributed by atoms with Gasteiger partial charge in [0.1, 0.15) is 11.9 Å². The second kappa shape index (κ2) is 12.8. The van der Waals surface area contributed by atoms with E-state index in [0.717, 1.165) is 43.3 Å². The van der Waals surface area contributed by atoms with Gasteiger partial charge in [0.15, 0.2) is 5.96 Å². The van der Waals surface area contributed by atoms with Crippen molar-refractivity contribution in [1.82, 2.24) is 10.6 Å². The van der Waals surface area contributed by atoms with Crippen LogP contribution in [0, 0.1) is 6.92 Å². The molecule has 2 aromatic rings. The fourth-order valence-electron chi connectivity index (χ4n) is 3.39. The van der Waals surface area contributed by atoms with E-state index in [4.69, 9.17) is 9.47 Å². The van der Waals surface area contributed by atoms with E-state index in [9.17, 15) is 0 Å². The molecule has 0 bridgehead atoms. The fraction of sp³-hybridized carbons (Fsp3) is 0.458. The molecule has 2 aromatic carbocycles. The fourth-order valence-corrected chi connectivity index (χ4v) is 3.39. The summed E-state index contributed by atoms with van der Waals surface area (Å²) in [7, 11) is 5.90. The third-order valence-corrected chi connectivity index (χ3v) is 5.23. The smallest absolute Gasteiger partial charge is 0.191 e. The summed E-state index contributed by atoms with van der Waals surface area (Å²) in [6, 6.07) is 15.0. The normalized spacial score (nSPS) is 15.9. The van der Waals surface area contributed by atoms with Gasteiger partial charge < -0.3 is 25.0 Å². The first-order valence-electron chi connectivity index (χ1n) is 10.6. The van der Waals surface area contributed by atoms with Crippen LogP contribution < -0.4 is 20.3 Å². The molecule has 170 valence electrons. The standard InChI is InChI=1S/C24H34N4O2.HI/c1-18-5-8-20(23(15-18)30-22-12-14-29-17-22)16-27-24(25-2)26-13-11-19-6-9-21(10-7-19)28(3)4;/h5-10,15,22H,11-14,16-17H2,1-4H3,(H2,25,26,27);1H. The summed E-state index contributed by atoms with van der Waals surface area (Å²) in [5.74, 6) is 1.71. The second-order valence-corrected chi connectivity index (χ2v) is 7.88. The maximum Gasteiger partial charge on any atom is 0.191 e. The summed E-state index contributed by atoms with van der Waals surface area (Å²) in [6.45, 7) is 5.00. The molecule has 1 atom stereocenters. The zero-order valence-corrected chi connectivity index (χ0v) is 21.3. The molecule has 1 aliphatic rings. The molecule has 1 aliphatic heterocycles. The Morgan fingerprint density at radius 2 is 1.94 bits per heavy atom. The van der Waals surface area contributed by atoms with Crippen LogP contribution in [-0.2, 0) is 17.7 Å². The Labute approximate surface area is 203 Å². The molecular formula is C24H35IN4O2. The van der Waals surface area contributed by atoms with Crippen LogP contribution in [0.2, 0.25) is 0 Å². The van der Waals surface area contributed by atoms with E-state index >= 15 is 0 Å². The van der Waals surface area contributed by atoms with E-state index in [-0.39, 0.29) is 30.1 Å². The Balaban J connectivity index is 0.00000341. The van der Waals surface area contributed by atoms with Crippen molar-refractivity contribution in [1.29, 1.82) is 0 Å². The summed E-state index contributed by atoms with van der Waals surface area (Å²) in [6.07, 6.45) is 2.02. The monoisotopic (exact) mass is 538 g/mol. The first kappa shape index (κ1) is 25.3. The van der Waals surface area contributed by atoms with Crippen LogP contribution >= 0.6 is 24.0 Å². The Kier molecular flexibility index (Phi) is 10.4. The number of aryl methyl sites for hydroxylation is 1. The quantitative estimate of drug-likeness (QED) is 0.305. The van der Waals surface area contributed by atoms with Crippen LogP contribution in [-0.4, -0.2) is 53.0 Å². The highest BCUT2D eigenvalue weighted by atomic mass is 127. The second-order valence-electron chi connectivity index (χ2n) is 7.88. The van der Waals surface area contributed by atoms with Crippen molar-refractivity contribution < 1.29 is 9.47 Å². The molecule has 1 saturated heterocycles. The van der Waals surface area contributed by atoms with Crippen molar-refractivity contribution in [2.24, 2.45) is 4.99 Å². The molecule has 0 radical (unpaired) electrons. The summed E-state index contributed by atoms with van der Waals surface area (Å²) in [4.78, 5) is 6.46. The summed E-state index contributed by atoms with van der Waals surface area (Å²) < 4.78 is 11.6. The van der Waals surface area contributed by atoms with E-state index in [1.165, 1.54) is 16.8 Å². The van der Waals surface area contributed by atoms with E-state index in [1.54, 1.807) is 7.05 Å². The third kappa shape index (κ3) is 7.88. The zero-order chi connectivity index (χ0) is 21.3. The van der Waals surface area contributed by atoms with E-state index < -0.39 is 0 Å². The molecule has 0 aromatic heterocycles. The molecule has 3 rings (SSSR count). The Morgan fingerprint density at radius 1 is 1.16 bits per heavy atom. The zero-order valence-electron chi connectivity index (χ0n) is 19.0. The van der Waals surface area contributed by atoms with Gasteiger partial charge in [0.2, 0.25) is 0 Å². The molecular weight excluding hydrogens is 503 g/mol. The number of aliphatic imine (C=N–C) groups is 1. The number of hydrogen-bond donors (Lipinski definition) is 2. The van der Waals surface area contributed by atoms with Gasteiger partial charge in [-0.25, -0.2) is 0 Å². The van der Waals surface area contributed by atoms with Crippen LogP contribution in [0.3, 0.4) is 0 Å². The van der Waals surface area contributed by atoms with Gasteiger partial charge in [-0.05, 0) is 42.7 Å². The molecule has 6 nitrogen and oxygen atoms in total. The van der Waals surface area contributed by atoms with E-state index in [2.05, 4.69) is 84.0 Å². The van der Waals surface area contributed by atoms with Crippen molar-refractivity contribution in [2.75, 3.05) is 45.8 Å². The van der Waals surface area contributed by atoms with Gasteiger partial charge in [-0.1, -0.05) is 24.3 Å². The molecule has 0 saturated carbocycles. The molecule has 1 unspecified atom stereocenters. The lowest BCUT2D eigenvalue weighted by Gasteiger charge is -2.18. The maximum atomic E-state index is 6.19. The predicted octanol–water partition coefficient (Wildman–Crippen LogP) is 3.75. The van der Waals surface area contributed by atoms with Crippen LogP contribution in [0.4, 0.5) is 5.69 Å². The van der Waals surface area contributed by atoms with Gasteiger partial charge in [-0.15, -0.1) is 24.0 Å². The molecule has 1 fully saturated rings. The van der Waals surface area contributed by atoms with Crippen molar-refractivity contribution in [3.63, 3.8) is 0 Å². The number of nitrogens with zero attached hydrogens (tertiary/aromatic N) is 2. The topological polar surface area (TPSA) is 58.1 Å². The van der Waals surface area contributed by atoms with E-state index in [1.807, 2.05) is 0 Å². The van der Waals surface area contributed by atoms with Gasteiger partial charge in [0.25, 0.3) is 0 Å². The SMILES string of the molecule is CN=C(NCCc1ccc(N(C)C)cc1)NCc1ccc(C)cc1OC1CCOC1.I. The number of anilines is 1. The van der Waals surface area contributed by atoms with Crippen LogP contribution in [0.15, 0.2) is 47.5 Å². The minimum atomic E-state index is 0. The first-order chi connectivity index (χ1) is 14.5. The van der Waals surface area contributed by atoms with Crippen molar-refractivity contribution in [3.8, 4) is 5.75 Å². The Morgan fingerprint density at radius 3 is 2.58 bits per heavy atom. The molecule has 1 heterocycles. The third-order valence-electron chi connectivity index (χ3n) is 5.23. The summed E-state index contributed by atoms with van der Waals surface area (Å²) >= 11 is 0. The minimum absolute atomic E-state index is 0. The molecule has 0 amide bonds. The molecule has 7 heteroatoms. The van der Waals surface area contributed by atoms with Gasteiger partial charge in [0, 0.05) is 51.9 Å². The van der Waals surface area contributed by atoms with Gasteiger partial charge >= 0.3 is 0 Å². The van der Waals surface area contributed by atoms with Crippen molar-refractivity contribution in [2.45, 2.75) is 32.4 Å². The lowest BCUT2D eigenvalue weighted by atomic mass is 10.1. The predicted molar refractivity (Wildman–Crippen MR) is 139 cm³/mol. The molecule has 0 spiro atoms. The first-order valence-corrected chi connectivity index (χ1v) is 10.6. The highest BCUT2D eigenvalue weighted by Crippen LogP contribution is 2.23. The number of rotatable bonds is 8. The van der Waals surface area contributed by atoms with Gasteiger partial charge in [-0.3, -0.25) is 4.99 Å². The Hall–Kier alpha value is -2.00. The number of ether oxygens (including phenoxy) is 2. The summed E-state index contributed by atoms with van der Waals surface area (Å²) in [5.41, 5.74) is 4.83.